The molecular formula is C11H20N2O4. The minimum Gasteiger partial charge on any atom is -0.481 e. The van der Waals surface area contributed by atoms with Gasteiger partial charge in [-0.25, -0.2) is 4.79 Å². The summed E-state index contributed by atoms with van der Waals surface area (Å²) >= 11 is 0. The first-order chi connectivity index (χ1) is 8.06. The number of methoxy groups -OCH3 is 1. The number of ether oxygens (including phenoxy) is 1. The van der Waals surface area contributed by atoms with Crippen molar-refractivity contribution in [3.63, 3.8) is 0 Å². The predicted octanol–water partition coefficient (Wildman–Crippen LogP) is 0.527. The van der Waals surface area contributed by atoms with Gasteiger partial charge in [0.1, 0.15) is 0 Å². The largest absolute Gasteiger partial charge is 0.481 e. The molecule has 0 aromatic rings. The summed E-state index contributed by atoms with van der Waals surface area (Å²) in [6, 6.07) is -0.149. The van der Waals surface area contributed by atoms with Crippen LogP contribution < -0.4 is 5.32 Å². The number of nitrogens with zero attached hydrogens (tertiary/aromatic N) is 1. The minimum atomic E-state index is -0.803. The summed E-state index contributed by atoms with van der Waals surface area (Å²) in [6.07, 6.45) is 0.930. The van der Waals surface area contributed by atoms with Gasteiger partial charge in [-0.2, -0.15) is 0 Å². The molecule has 1 heterocycles. The molecule has 6 nitrogen and oxygen atoms in total. The lowest BCUT2D eigenvalue weighted by molar-refractivity contribution is -0.144. The summed E-state index contributed by atoms with van der Waals surface area (Å²) in [5, 5.41) is 11.7. The van der Waals surface area contributed by atoms with Gasteiger partial charge in [0, 0.05) is 19.1 Å². The van der Waals surface area contributed by atoms with Crippen molar-refractivity contribution in [2.45, 2.75) is 25.8 Å². The molecule has 2 N–H and O–H groups in total. The lowest BCUT2D eigenvalue weighted by Gasteiger charge is -2.35. The van der Waals surface area contributed by atoms with Gasteiger partial charge in [-0.15, -0.1) is 0 Å². The second kappa shape index (κ2) is 6.44. The number of likely N-dealkylation sites (tertiary alicyclic amines) is 1. The Morgan fingerprint density at radius 1 is 1.47 bits per heavy atom. The van der Waals surface area contributed by atoms with Crippen LogP contribution in [-0.4, -0.2) is 54.9 Å². The number of alkyl carbamates (subject to hydrolysis) is 1. The first kappa shape index (κ1) is 13.8. The summed E-state index contributed by atoms with van der Waals surface area (Å²) in [6.45, 7) is 4.14. The van der Waals surface area contributed by atoms with Gasteiger partial charge < -0.3 is 20.1 Å². The molecule has 0 saturated carbocycles. The van der Waals surface area contributed by atoms with Crippen molar-refractivity contribution in [1.29, 1.82) is 0 Å². The van der Waals surface area contributed by atoms with Crippen molar-refractivity contribution in [2.75, 3.05) is 26.7 Å². The lowest BCUT2D eigenvalue weighted by atomic mass is 9.94. The number of rotatable bonds is 4. The third kappa shape index (κ3) is 4.22. The van der Waals surface area contributed by atoms with Gasteiger partial charge in [-0.1, -0.05) is 6.92 Å². The van der Waals surface area contributed by atoms with Crippen LogP contribution in [0, 0.1) is 5.92 Å². The van der Waals surface area contributed by atoms with Crippen LogP contribution in [-0.2, 0) is 9.53 Å². The van der Waals surface area contributed by atoms with E-state index in [0.717, 1.165) is 13.0 Å². The second-order valence-electron chi connectivity index (χ2n) is 4.36. The van der Waals surface area contributed by atoms with E-state index >= 15 is 0 Å². The van der Waals surface area contributed by atoms with Crippen LogP contribution in [0.25, 0.3) is 0 Å². The number of nitrogens with one attached hydrogen (secondary N) is 1. The van der Waals surface area contributed by atoms with Gasteiger partial charge in [-0.05, 0) is 19.4 Å². The van der Waals surface area contributed by atoms with E-state index in [4.69, 9.17) is 5.11 Å². The average molecular weight is 244 g/mol. The number of hydrogen-bond acceptors (Lipinski definition) is 4. The molecule has 17 heavy (non-hydrogen) atoms. The molecule has 0 aromatic heterocycles. The predicted molar refractivity (Wildman–Crippen MR) is 61.8 cm³/mol. The first-order valence-corrected chi connectivity index (χ1v) is 5.86. The normalized spacial score (nSPS) is 25.3. The molecule has 98 valence electrons. The summed E-state index contributed by atoms with van der Waals surface area (Å²) in [7, 11) is 1.30. The monoisotopic (exact) mass is 244 g/mol. The third-order valence-electron chi connectivity index (χ3n) is 2.92. The van der Waals surface area contributed by atoms with Crippen LogP contribution in [0.4, 0.5) is 4.79 Å². The van der Waals surface area contributed by atoms with Crippen molar-refractivity contribution in [3.05, 3.63) is 0 Å². The number of hydrogen-bond donors (Lipinski definition) is 2. The zero-order valence-corrected chi connectivity index (χ0v) is 10.3. The molecular weight excluding hydrogens is 224 g/mol. The first-order valence-electron chi connectivity index (χ1n) is 5.86. The number of carboxylic acid groups (broad SMARTS) is 1. The van der Waals surface area contributed by atoms with E-state index in [9.17, 15) is 9.59 Å². The maximum atomic E-state index is 11.1. The average Bonchev–Trinajstić information content (AvgIpc) is 2.29. The lowest BCUT2D eigenvalue weighted by Crippen LogP contribution is -2.52. The molecule has 1 rings (SSSR count). The number of piperidine rings is 1. The Bertz CT molecular complexity index is 283. The van der Waals surface area contributed by atoms with Crippen molar-refractivity contribution >= 4 is 12.1 Å². The number of carboxylic acids is 1. The molecule has 1 aliphatic rings. The standard InChI is InChI=1S/C11H20N2O4/c1-3-4-13-6-8(10(14)15)5-9(7-13)12-11(16)17-2/h8-9H,3-7H2,1-2H3,(H,12,16)(H,14,15). The van der Waals surface area contributed by atoms with Crippen LogP contribution in [0.15, 0.2) is 0 Å². The van der Waals surface area contributed by atoms with E-state index in [0.29, 0.717) is 19.5 Å². The van der Waals surface area contributed by atoms with Crippen molar-refractivity contribution < 1.29 is 19.4 Å². The van der Waals surface area contributed by atoms with E-state index in [2.05, 4.69) is 15.0 Å². The Hall–Kier alpha value is -1.30. The number of amides is 1. The smallest absolute Gasteiger partial charge is 0.407 e. The fourth-order valence-electron chi connectivity index (χ4n) is 2.20. The molecule has 0 bridgehead atoms. The van der Waals surface area contributed by atoms with E-state index in [1.54, 1.807) is 0 Å². The molecule has 0 aromatic carbocycles. The van der Waals surface area contributed by atoms with E-state index in [1.807, 2.05) is 6.92 Å². The van der Waals surface area contributed by atoms with Crippen molar-refractivity contribution in [2.24, 2.45) is 5.92 Å². The molecule has 0 radical (unpaired) electrons. The maximum Gasteiger partial charge on any atom is 0.407 e. The van der Waals surface area contributed by atoms with Crippen molar-refractivity contribution in [1.82, 2.24) is 10.2 Å². The highest BCUT2D eigenvalue weighted by Crippen LogP contribution is 2.17. The maximum absolute atomic E-state index is 11.1. The van der Waals surface area contributed by atoms with Gasteiger partial charge in [0.15, 0.2) is 0 Å². The van der Waals surface area contributed by atoms with E-state index < -0.39 is 18.0 Å². The van der Waals surface area contributed by atoms with Crippen LogP contribution >= 0.6 is 0 Å². The summed E-state index contributed by atoms with van der Waals surface area (Å²) in [5.74, 6) is -1.22. The summed E-state index contributed by atoms with van der Waals surface area (Å²) in [4.78, 5) is 24.2. The van der Waals surface area contributed by atoms with E-state index in [1.165, 1.54) is 7.11 Å². The fourth-order valence-corrected chi connectivity index (χ4v) is 2.20. The van der Waals surface area contributed by atoms with E-state index in [-0.39, 0.29) is 6.04 Å². The van der Waals surface area contributed by atoms with Gasteiger partial charge >= 0.3 is 12.1 Å². The Morgan fingerprint density at radius 2 is 2.18 bits per heavy atom. The summed E-state index contributed by atoms with van der Waals surface area (Å²) in [5.41, 5.74) is 0. The van der Waals surface area contributed by atoms with Crippen LogP contribution in [0.1, 0.15) is 19.8 Å². The number of carbonyl (C=O) groups excluding carboxylic acids is 1. The molecule has 1 saturated heterocycles. The molecule has 1 amide bonds. The SMILES string of the molecule is CCCN1CC(NC(=O)OC)CC(C(=O)O)C1. The third-order valence-corrected chi connectivity index (χ3v) is 2.92. The zero-order chi connectivity index (χ0) is 12.8. The second-order valence-corrected chi connectivity index (χ2v) is 4.36. The highest BCUT2D eigenvalue weighted by atomic mass is 16.5. The zero-order valence-electron chi connectivity index (χ0n) is 10.3. The molecule has 2 unspecified atom stereocenters. The van der Waals surface area contributed by atoms with Crippen molar-refractivity contribution in [3.8, 4) is 0 Å². The fraction of sp³-hybridized carbons (Fsp3) is 0.818. The molecule has 0 spiro atoms. The van der Waals surface area contributed by atoms with Crippen LogP contribution in [0.2, 0.25) is 0 Å². The van der Waals surface area contributed by atoms with Gasteiger partial charge in [0.25, 0.3) is 0 Å². The Morgan fingerprint density at radius 3 is 2.71 bits per heavy atom. The molecule has 2 atom stereocenters. The highest BCUT2D eigenvalue weighted by Gasteiger charge is 2.31. The molecule has 1 aliphatic heterocycles. The summed E-state index contributed by atoms with van der Waals surface area (Å²) < 4.78 is 4.53. The van der Waals surface area contributed by atoms with Gasteiger partial charge in [0.05, 0.1) is 13.0 Å². The molecule has 6 heteroatoms. The minimum absolute atomic E-state index is 0.149. The molecule has 1 fully saturated rings. The van der Waals surface area contributed by atoms with Gasteiger partial charge in [0.2, 0.25) is 0 Å². The Balaban J connectivity index is 2.58. The Labute approximate surface area is 101 Å². The molecule has 0 aliphatic carbocycles. The van der Waals surface area contributed by atoms with Crippen LogP contribution in [0.3, 0.4) is 0 Å². The van der Waals surface area contributed by atoms with Gasteiger partial charge in [-0.3, -0.25) is 4.79 Å². The Kier molecular flexibility index (Phi) is 5.21. The topological polar surface area (TPSA) is 78.9 Å². The quantitative estimate of drug-likeness (QED) is 0.754. The number of carbonyl (C=O) groups is 2. The highest BCUT2D eigenvalue weighted by molar-refractivity contribution is 5.71. The number of aliphatic carboxylic acids is 1. The van der Waals surface area contributed by atoms with Crippen LogP contribution in [0.5, 0.6) is 0 Å².